The van der Waals surface area contributed by atoms with Crippen LogP contribution < -0.4 is 5.32 Å². The Morgan fingerprint density at radius 1 is 1.21 bits per heavy atom. The van der Waals surface area contributed by atoms with Crippen LogP contribution in [0.5, 0.6) is 0 Å². The summed E-state index contributed by atoms with van der Waals surface area (Å²) in [6.07, 6.45) is 11.2. The molecule has 5 heteroatoms. The average molecular weight is 383 g/mol. The molecule has 2 aromatic heterocycles. The summed E-state index contributed by atoms with van der Waals surface area (Å²) in [4.78, 5) is 2.72. The molecule has 1 saturated carbocycles. The average Bonchev–Trinajstić information content (AvgIpc) is 3.39. The van der Waals surface area contributed by atoms with E-state index in [1.165, 1.54) is 69.4 Å². The van der Waals surface area contributed by atoms with Gasteiger partial charge < -0.3 is 9.73 Å². The number of aromatic nitrogens is 2. The molecule has 0 aromatic carbocycles. The molecule has 1 unspecified atom stereocenters. The van der Waals surface area contributed by atoms with Crippen LogP contribution in [-0.2, 0) is 13.6 Å². The van der Waals surface area contributed by atoms with Crippen molar-refractivity contribution in [1.29, 1.82) is 0 Å². The molecule has 5 nitrogen and oxygen atoms in total. The summed E-state index contributed by atoms with van der Waals surface area (Å²) in [6.45, 7) is 4.34. The second kappa shape index (κ2) is 8.03. The highest BCUT2D eigenvalue weighted by Crippen LogP contribution is 2.42. The largest absolute Gasteiger partial charge is 0.468 e. The van der Waals surface area contributed by atoms with Gasteiger partial charge in [-0.1, -0.05) is 19.3 Å². The van der Waals surface area contributed by atoms with Gasteiger partial charge in [-0.15, -0.1) is 0 Å². The first-order chi connectivity index (χ1) is 13.8. The normalized spacial score (nSPS) is 30.8. The maximum absolute atomic E-state index is 5.44. The van der Waals surface area contributed by atoms with Gasteiger partial charge in [0.05, 0.1) is 18.5 Å². The van der Waals surface area contributed by atoms with Crippen molar-refractivity contribution in [3.8, 4) is 0 Å². The van der Waals surface area contributed by atoms with Crippen LogP contribution >= 0.6 is 0 Å². The summed E-state index contributed by atoms with van der Waals surface area (Å²) in [6, 6.07) is 7.13. The highest BCUT2D eigenvalue weighted by atomic mass is 16.3. The predicted octanol–water partition coefficient (Wildman–Crippen LogP) is 4.03. The maximum Gasteiger partial charge on any atom is 0.117 e. The van der Waals surface area contributed by atoms with Crippen molar-refractivity contribution in [2.45, 2.75) is 69.4 Å². The zero-order valence-corrected chi connectivity index (χ0v) is 17.1. The lowest BCUT2D eigenvalue weighted by atomic mass is 9.74. The van der Waals surface area contributed by atoms with Crippen molar-refractivity contribution in [2.75, 3.05) is 19.6 Å². The van der Waals surface area contributed by atoms with Gasteiger partial charge in [0, 0.05) is 43.7 Å². The van der Waals surface area contributed by atoms with Gasteiger partial charge in [-0.3, -0.25) is 9.58 Å². The van der Waals surface area contributed by atoms with Crippen LogP contribution in [0.15, 0.2) is 28.9 Å². The zero-order valence-electron chi connectivity index (χ0n) is 17.1. The Balaban J connectivity index is 1.22. The summed E-state index contributed by atoms with van der Waals surface area (Å²) in [5.41, 5.74) is 2.85. The molecule has 0 amide bonds. The summed E-state index contributed by atoms with van der Waals surface area (Å²) in [5, 5.41) is 8.57. The third-order valence-corrected chi connectivity index (χ3v) is 7.48. The monoisotopic (exact) mass is 382 g/mol. The fourth-order valence-corrected chi connectivity index (χ4v) is 5.91. The molecule has 4 aliphatic rings. The fourth-order valence-electron chi connectivity index (χ4n) is 5.91. The smallest absolute Gasteiger partial charge is 0.117 e. The van der Waals surface area contributed by atoms with Crippen molar-refractivity contribution in [3.63, 3.8) is 0 Å². The van der Waals surface area contributed by atoms with Gasteiger partial charge in [0.15, 0.2) is 0 Å². The Morgan fingerprint density at radius 3 is 2.86 bits per heavy atom. The molecule has 3 aliphatic heterocycles. The number of nitrogens with zero attached hydrogens (tertiary/aromatic N) is 3. The SMILES string of the molecule is Cn1nc(C2CCCCC2)cc1[C@@H]1CN2CC[C@H]1C[C@@H]2CNCc1ccco1. The van der Waals surface area contributed by atoms with Crippen molar-refractivity contribution < 1.29 is 4.42 Å². The number of hydrogen-bond donors (Lipinski definition) is 1. The number of aryl methyl sites for hydroxylation is 1. The van der Waals surface area contributed by atoms with Crippen LogP contribution in [-0.4, -0.2) is 40.4 Å². The van der Waals surface area contributed by atoms with Crippen LogP contribution in [0.1, 0.15) is 73.9 Å². The molecular weight excluding hydrogens is 348 g/mol. The lowest BCUT2D eigenvalue weighted by molar-refractivity contribution is 0.0280. The molecule has 1 aliphatic carbocycles. The van der Waals surface area contributed by atoms with Crippen LogP contribution in [0.3, 0.4) is 0 Å². The molecule has 0 spiro atoms. The van der Waals surface area contributed by atoms with Crippen LogP contribution in [0.2, 0.25) is 0 Å². The zero-order chi connectivity index (χ0) is 18.9. The molecule has 152 valence electrons. The van der Waals surface area contributed by atoms with Gasteiger partial charge in [-0.25, -0.2) is 0 Å². The first-order valence-electron chi connectivity index (χ1n) is 11.3. The number of fused-ring (bicyclic) bond motifs is 3. The van der Waals surface area contributed by atoms with E-state index >= 15 is 0 Å². The van der Waals surface area contributed by atoms with Gasteiger partial charge in [0.2, 0.25) is 0 Å². The van der Waals surface area contributed by atoms with Crippen LogP contribution in [0.25, 0.3) is 0 Å². The number of rotatable bonds is 6. The van der Waals surface area contributed by atoms with Crippen molar-refractivity contribution in [3.05, 3.63) is 41.6 Å². The van der Waals surface area contributed by atoms with E-state index in [2.05, 4.69) is 28.0 Å². The number of hydrogen-bond acceptors (Lipinski definition) is 4. The van der Waals surface area contributed by atoms with E-state index in [4.69, 9.17) is 9.52 Å². The minimum absolute atomic E-state index is 0.657. The molecule has 28 heavy (non-hydrogen) atoms. The fraction of sp³-hybridized carbons (Fsp3) is 0.696. The molecule has 1 N–H and O–H groups in total. The Hall–Kier alpha value is -1.59. The van der Waals surface area contributed by atoms with E-state index in [-0.39, 0.29) is 0 Å². The van der Waals surface area contributed by atoms with Gasteiger partial charge in [0.25, 0.3) is 0 Å². The molecule has 2 aromatic rings. The molecular formula is C23H34N4O. The Kier molecular flexibility index (Phi) is 5.29. The van der Waals surface area contributed by atoms with Gasteiger partial charge in [-0.05, 0) is 56.3 Å². The summed E-state index contributed by atoms with van der Waals surface area (Å²) < 4.78 is 7.65. The summed E-state index contributed by atoms with van der Waals surface area (Å²) in [5.74, 6) is 3.19. The lowest BCUT2D eigenvalue weighted by Crippen LogP contribution is -2.55. The Labute approximate surface area is 168 Å². The van der Waals surface area contributed by atoms with Crippen molar-refractivity contribution in [2.24, 2.45) is 13.0 Å². The van der Waals surface area contributed by atoms with Crippen molar-refractivity contribution in [1.82, 2.24) is 20.0 Å². The standard InChI is InChI=1S/C23H34N4O/c1-26-23(13-22(25-26)17-6-3-2-4-7-17)21-16-27-10-9-18(21)12-19(27)14-24-15-20-8-5-11-28-20/h5,8,11,13,17-19,21,24H,2-4,6-7,9-10,12,14-16H2,1H3/t18-,19+,21+/m0/s1. The molecule has 3 saturated heterocycles. The molecule has 0 radical (unpaired) electrons. The van der Waals surface area contributed by atoms with Crippen LogP contribution in [0.4, 0.5) is 0 Å². The molecule has 4 fully saturated rings. The highest BCUT2D eigenvalue weighted by molar-refractivity contribution is 5.21. The topological polar surface area (TPSA) is 46.2 Å². The third-order valence-electron chi connectivity index (χ3n) is 7.48. The summed E-state index contributed by atoms with van der Waals surface area (Å²) in [7, 11) is 2.17. The minimum atomic E-state index is 0.657. The Bertz CT molecular complexity index is 762. The van der Waals surface area contributed by atoms with E-state index in [9.17, 15) is 0 Å². The number of furan rings is 1. The summed E-state index contributed by atoms with van der Waals surface area (Å²) >= 11 is 0. The molecule has 4 atom stereocenters. The van der Waals surface area contributed by atoms with E-state index in [1.54, 1.807) is 6.26 Å². The number of nitrogens with one attached hydrogen (secondary N) is 1. The van der Waals surface area contributed by atoms with E-state index in [0.29, 0.717) is 17.9 Å². The quantitative estimate of drug-likeness (QED) is 0.819. The van der Waals surface area contributed by atoms with Gasteiger partial charge in [0.1, 0.15) is 5.76 Å². The predicted molar refractivity (Wildman–Crippen MR) is 110 cm³/mol. The second-order valence-electron chi connectivity index (χ2n) is 9.20. The molecule has 6 rings (SSSR count). The first kappa shape index (κ1) is 18.4. The van der Waals surface area contributed by atoms with Crippen molar-refractivity contribution >= 4 is 0 Å². The highest BCUT2D eigenvalue weighted by Gasteiger charge is 2.41. The molecule has 5 heterocycles. The maximum atomic E-state index is 5.44. The lowest BCUT2D eigenvalue weighted by Gasteiger charge is -2.50. The van der Waals surface area contributed by atoms with E-state index in [0.717, 1.165) is 24.8 Å². The van der Waals surface area contributed by atoms with E-state index < -0.39 is 0 Å². The minimum Gasteiger partial charge on any atom is -0.468 e. The van der Waals surface area contributed by atoms with E-state index in [1.807, 2.05) is 12.1 Å². The third kappa shape index (κ3) is 3.67. The second-order valence-corrected chi connectivity index (χ2v) is 9.20. The number of piperidine rings is 3. The van der Waals surface area contributed by atoms with Crippen LogP contribution in [0, 0.1) is 5.92 Å². The van der Waals surface area contributed by atoms with Gasteiger partial charge >= 0.3 is 0 Å². The van der Waals surface area contributed by atoms with Gasteiger partial charge in [-0.2, -0.15) is 5.10 Å². The Morgan fingerprint density at radius 2 is 2.11 bits per heavy atom. The first-order valence-corrected chi connectivity index (χ1v) is 11.3. The molecule has 2 bridgehead atoms.